The van der Waals surface area contributed by atoms with E-state index in [1.54, 1.807) is 30.3 Å². The third-order valence-corrected chi connectivity index (χ3v) is 5.35. The smallest absolute Gasteiger partial charge is 0.311 e. The molecule has 0 aromatic heterocycles. The van der Waals surface area contributed by atoms with Crippen molar-refractivity contribution in [1.82, 2.24) is 0 Å². The fourth-order valence-electron chi connectivity index (χ4n) is 3.42. The van der Waals surface area contributed by atoms with E-state index in [1.807, 2.05) is 44.2 Å². The van der Waals surface area contributed by atoms with E-state index in [4.69, 9.17) is 38.4 Å². The molecule has 2 N–H and O–H groups in total. The lowest BCUT2D eigenvalue weighted by Crippen LogP contribution is -2.27. The Balaban J connectivity index is 1.77. The average Bonchev–Trinajstić information content (AvgIpc) is 3.19. The summed E-state index contributed by atoms with van der Waals surface area (Å²) in [6.45, 7) is 3.81. The monoisotopic (exact) mass is 433 g/mol. The summed E-state index contributed by atoms with van der Waals surface area (Å²) in [4.78, 5) is 24.7. The van der Waals surface area contributed by atoms with Crippen molar-refractivity contribution in [3.05, 3.63) is 70.7 Å². The zero-order chi connectivity index (χ0) is 21.2. The fraction of sp³-hybridized carbons (Fsp3) is 0.273. The molecule has 3 atom stereocenters. The third-order valence-electron chi connectivity index (χ3n) is 5.10. The molecular weight excluding hydrogens is 413 g/mol. The van der Waals surface area contributed by atoms with E-state index in [2.05, 4.69) is 0 Å². The van der Waals surface area contributed by atoms with Crippen molar-refractivity contribution in [2.45, 2.75) is 20.0 Å². The maximum absolute atomic E-state index is 12.7. The lowest BCUT2D eigenvalue weighted by molar-refractivity contribution is -0.157. The van der Waals surface area contributed by atoms with Crippen LogP contribution in [-0.2, 0) is 14.3 Å². The molecule has 3 rings (SSSR count). The third kappa shape index (κ3) is 4.92. The van der Waals surface area contributed by atoms with Crippen molar-refractivity contribution in [3.63, 3.8) is 0 Å². The molecule has 0 aliphatic heterocycles. The Morgan fingerprint density at radius 1 is 1.07 bits per heavy atom. The highest BCUT2D eigenvalue weighted by molar-refractivity contribution is 6.55. The second-order valence-corrected chi connectivity index (χ2v) is 8.50. The molecule has 1 fully saturated rings. The van der Waals surface area contributed by atoms with Crippen molar-refractivity contribution >= 4 is 35.1 Å². The first-order chi connectivity index (χ1) is 13.7. The molecule has 0 radical (unpaired) electrons. The number of halogens is 2. The van der Waals surface area contributed by atoms with Crippen LogP contribution in [0.4, 0.5) is 0 Å². The summed E-state index contributed by atoms with van der Waals surface area (Å²) >= 11 is 11.5. The Labute approximate surface area is 179 Å². The van der Waals surface area contributed by atoms with Gasteiger partial charge in [-0.2, -0.15) is 0 Å². The topological polar surface area (TPSA) is 78.6 Å². The van der Waals surface area contributed by atoms with E-state index in [1.165, 1.54) is 0 Å². The molecule has 7 heteroatoms. The van der Waals surface area contributed by atoms with E-state index in [0.717, 1.165) is 0 Å². The zero-order valence-electron chi connectivity index (χ0n) is 16.0. The van der Waals surface area contributed by atoms with Crippen LogP contribution < -0.4 is 10.5 Å². The molecule has 2 aromatic carbocycles. The highest BCUT2D eigenvalue weighted by atomic mass is 35.5. The van der Waals surface area contributed by atoms with Gasteiger partial charge in [-0.15, -0.1) is 0 Å². The van der Waals surface area contributed by atoms with Crippen LogP contribution in [0.25, 0.3) is 0 Å². The molecule has 0 saturated heterocycles. The minimum atomic E-state index is -1.23. The molecule has 0 bridgehead atoms. The van der Waals surface area contributed by atoms with Crippen molar-refractivity contribution in [2.24, 2.45) is 23.0 Å². The van der Waals surface area contributed by atoms with E-state index in [9.17, 15) is 9.59 Å². The Morgan fingerprint density at radius 2 is 1.72 bits per heavy atom. The second-order valence-electron chi connectivity index (χ2n) is 7.49. The van der Waals surface area contributed by atoms with Crippen LogP contribution in [0, 0.1) is 17.3 Å². The van der Waals surface area contributed by atoms with Gasteiger partial charge in [-0.25, -0.2) is 0 Å². The number of amides is 1. The lowest BCUT2D eigenvalue weighted by Gasteiger charge is -2.16. The molecule has 152 valence electrons. The SMILES string of the molecule is CC1(C)[C@H](C=C(Cl)Cl)[C@@H]1C(=O)O[C@H](C(N)=O)c1cccc(Oc2ccccc2)c1. The van der Waals surface area contributed by atoms with Crippen molar-refractivity contribution in [2.75, 3.05) is 0 Å². The summed E-state index contributed by atoms with van der Waals surface area (Å²) in [5, 5.41) is 0. The van der Waals surface area contributed by atoms with Gasteiger partial charge >= 0.3 is 5.97 Å². The Hall–Kier alpha value is -2.50. The van der Waals surface area contributed by atoms with Gasteiger partial charge in [0.1, 0.15) is 16.0 Å². The molecule has 1 amide bonds. The summed E-state index contributed by atoms with van der Waals surface area (Å²) < 4.78 is 11.4. The first-order valence-electron chi connectivity index (χ1n) is 9.05. The number of para-hydroxylation sites is 1. The maximum atomic E-state index is 12.7. The van der Waals surface area contributed by atoms with Crippen LogP contribution in [0.15, 0.2) is 65.2 Å². The van der Waals surface area contributed by atoms with Crippen molar-refractivity contribution < 1.29 is 19.1 Å². The number of primary amides is 1. The molecule has 1 saturated carbocycles. The molecule has 2 aromatic rings. The molecular formula is C22H21Cl2NO4. The van der Waals surface area contributed by atoms with E-state index < -0.39 is 23.9 Å². The minimum absolute atomic E-state index is 0.0931. The first-order valence-corrected chi connectivity index (χ1v) is 9.81. The number of hydrogen-bond donors (Lipinski definition) is 1. The number of hydrogen-bond acceptors (Lipinski definition) is 4. The highest BCUT2D eigenvalue weighted by Gasteiger charge is 2.62. The number of carbonyl (C=O) groups is 2. The van der Waals surface area contributed by atoms with Crippen molar-refractivity contribution in [3.8, 4) is 11.5 Å². The number of rotatable bonds is 7. The van der Waals surface area contributed by atoms with Gasteiger partial charge in [-0.3, -0.25) is 9.59 Å². The van der Waals surface area contributed by atoms with Gasteiger partial charge in [0.15, 0.2) is 0 Å². The predicted molar refractivity (Wildman–Crippen MR) is 112 cm³/mol. The van der Waals surface area contributed by atoms with E-state index in [0.29, 0.717) is 17.1 Å². The number of carbonyl (C=O) groups excluding carboxylic acids is 2. The van der Waals surface area contributed by atoms with Crippen LogP contribution >= 0.6 is 23.2 Å². The molecule has 0 spiro atoms. The molecule has 0 heterocycles. The molecule has 1 aliphatic carbocycles. The fourth-order valence-corrected chi connectivity index (χ4v) is 3.69. The first kappa shape index (κ1) is 21.2. The van der Waals surface area contributed by atoms with Crippen LogP contribution in [0.5, 0.6) is 11.5 Å². The van der Waals surface area contributed by atoms with Gasteiger partial charge < -0.3 is 15.2 Å². The summed E-state index contributed by atoms with van der Waals surface area (Å²) in [6, 6.07) is 15.9. The normalized spacial score (nSPS) is 20.3. The van der Waals surface area contributed by atoms with Crippen LogP contribution in [0.2, 0.25) is 0 Å². The number of nitrogens with two attached hydrogens (primary N) is 1. The lowest BCUT2D eigenvalue weighted by atomic mass is 10.1. The zero-order valence-corrected chi connectivity index (χ0v) is 17.5. The maximum Gasteiger partial charge on any atom is 0.311 e. The predicted octanol–water partition coefficient (Wildman–Crippen LogP) is 5.14. The molecule has 1 aliphatic rings. The van der Waals surface area contributed by atoms with Crippen LogP contribution in [-0.4, -0.2) is 11.9 Å². The largest absolute Gasteiger partial charge is 0.457 e. The van der Waals surface area contributed by atoms with Gasteiger partial charge in [0, 0.05) is 5.56 Å². The summed E-state index contributed by atoms with van der Waals surface area (Å²) in [5.41, 5.74) is 5.57. The quantitative estimate of drug-likeness (QED) is 0.612. The number of ether oxygens (including phenoxy) is 2. The Bertz CT molecular complexity index is 939. The molecule has 29 heavy (non-hydrogen) atoms. The highest BCUT2D eigenvalue weighted by Crippen LogP contribution is 2.60. The molecule has 0 unspecified atom stereocenters. The van der Waals surface area contributed by atoms with Crippen LogP contribution in [0.1, 0.15) is 25.5 Å². The Morgan fingerprint density at radius 3 is 2.34 bits per heavy atom. The second kappa shape index (κ2) is 8.47. The summed E-state index contributed by atoms with van der Waals surface area (Å²) in [6.07, 6.45) is 0.386. The standard InChI is InChI=1S/C22H21Cl2NO4/c1-22(2)16(12-17(23)24)18(22)21(27)29-19(20(25)26)13-7-6-10-15(11-13)28-14-8-4-3-5-9-14/h3-12,16,18-19H,1-2H3,(H2,25,26)/t16-,18-,19+/m1/s1. The van der Waals surface area contributed by atoms with Crippen molar-refractivity contribution in [1.29, 1.82) is 0 Å². The van der Waals surface area contributed by atoms with E-state index >= 15 is 0 Å². The van der Waals surface area contributed by atoms with Gasteiger partial charge in [-0.05, 0) is 41.7 Å². The summed E-state index contributed by atoms with van der Waals surface area (Å²) in [7, 11) is 0. The average molecular weight is 434 g/mol. The number of allylic oxidation sites excluding steroid dienone is 1. The Kier molecular flexibility index (Phi) is 6.20. The van der Waals surface area contributed by atoms with Gasteiger partial charge in [0.05, 0.1) is 5.92 Å². The number of esters is 1. The van der Waals surface area contributed by atoms with Crippen LogP contribution in [0.3, 0.4) is 0 Å². The van der Waals surface area contributed by atoms with Gasteiger partial charge in [0.2, 0.25) is 6.10 Å². The van der Waals surface area contributed by atoms with E-state index in [-0.39, 0.29) is 15.8 Å². The van der Waals surface area contributed by atoms with Gasteiger partial charge in [-0.1, -0.05) is 67.4 Å². The minimum Gasteiger partial charge on any atom is -0.457 e. The molecule has 5 nitrogen and oxygen atoms in total. The summed E-state index contributed by atoms with van der Waals surface area (Å²) in [5.74, 6) is -0.774. The van der Waals surface area contributed by atoms with Gasteiger partial charge in [0.25, 0.3) is 5.91 Å². The number of benzene rings is 2.